The number of hydrogen-bond donors (Lipinski definition) is 1. The second kappa shape index (κ2) is 5.45. The number of rotatable bonds is 4. The lowest BCUT2D eigenvalue weighted by Gasteiger charge is -2.48. The van der Waals surface area contributed by atoms with Gasteiger partial charge in [-0.05, 0) is 25.3 Å². The summed E-state index contributed by atoms with van der Waals surface area (Å²) in [5, 5.41) is 0. The molecule has 2 heterocycles. The van der Waals surface area contributed by atoms with E-state index in [1.54, 1.807) is 7.11 Å². The van der Waals surface area contributed by atoms with Gasteiger partial charge in [-0.15, -0.1) is 0 Å². The molecule has 0 saturated carbocycles. The van der Waals surface area contributed by atoms with Crippen molar-refractivity contribution < 1.29 is 4.74 Å². The number of fused-ring (bicyclic) bond motifs is 2. The molecule has 2 N–H and O–H groups in total. The third kappa shape index (κ3) is 2.74. The van der Waals surface area contributed by atoms with Gasteiger partial charge >= 0.3 is 0 Å². The van der Waals surface area contributed by atoms with Gasteiger partial charge in [-0.2, -0.15) is 0 Å². The van der Waals surface area contributed by atoms with Crippen LogP contribution in [0.2, 0.25) is 0 Å². The first-order valence-corrected chi connectivity index (χ1v) is 6.36. The largest absolute Gasteiger partial charge is 0.385 e. The highest BCUT2D eigenvalue weighted by molar-refractivity contribution is 4.95. The highest BCUT2D eigenvalue weighted by Crippen LogP contribution is 2.26. The SMILES string of the molecule is COCCCN1CC2CN(C)CC(C1)C2N. The number of nitrogens with zero attached hydrogens (tertiary/aromatic N) is 2. The number of ether oxygens (including phenoxy) is 1. The van der Waals surface area contributed by atoms with Gasteiger partial charge in [-0.25, -0.2) is 0 Å². The zero-order valence-corrected chi connectivity index (χ0v) is 10.6. The van der Waals surface area contributed by atoms with Crippen LogP contribution in [-0.4, -0.2) is 69.3 Å². The van der Waals surface area contributed by atoms with Crippen molar-refractivity contribution in [2.24, 2.45) is 17.6 Å². The minimum Gasteiger partial charge on any atom is -0.385 e. The number of nitrogens with two attached hydrogens (primary N) is 1. The average Bonchev–Trinajstić information content (AvgIpc) is 2.21. The number of likely N-dealkylation sites (tertiary alicyclic amines) is 2. The summed E-state index contributed by atoms with van der Waals surface area (Å²) in [5.74, 6) is 1.33. The molecule has 2 rings (SSSR count). The molecular formula is C12H25N3O. The van der Waals surface area contributed by atoms with Crippen LogP contribution in [0.1, 0.15) is 6.42 Å². The molecule has 2 saturated heterocycles. The highest BCUT2D eigenvalue weighted by atomic mass is 16.5. The molecule has 0 spiro atoms. The van der Waals surface area contributed by atoms with Gasteiger partial charge in [0, 0.05) is 52.5 Å². The molecule has 16 heavy (non-hydrogen) atoms. The highest BCUT2D eigenvalue weighted by Gasteiger charge is 2.38. The first kappa shape index (κ1) is 12.3. The van der Waals surface area contributed by atoms with Gasteiger partial charge in [0.05, 0.1) is 0 Å². The van der Waals surface area contributed by atoms with Crippen LogP contribution in [0.15, 0.2) is 0 Å². The maximum absolute atomic E-state index is 6.29. The van der Waals surface area contributed by atoms with Gasteiger partial charge < -0.3 is 20.3 Å². The van der Waals surface area contributed by atoms with Crippen molar-refractivity contribution in [3.8, 4) is 0 Å². The molecule has 0 aromatic rings. The second-order valence-electron chi connectivity index (χ2n) is 5.42. The van der Waals surface area contributed by atoms with E-state index in [2.05, 4.69) is 16.8 Å². The quantitative estimate of drug-likeness (QED) is 0.678. The Bertz CT molecular complexity index is 208. The van der Waals surface area contributed by atoms with Crippen molar-refractivity contribution in [2.45, 2.75) is 12.5 Å². The lowest BCUT2D eigenvalue weighted by atomic mass is 9.80. The third-order valence-corrected chi connectivity index (χ3v) is 3.99. The minimum absolute atomic E-state index is 0.426. The molecule has 94 valence electrons. The Morgan fingerprint density at radius 2 is 1.81 bits per heavy atom. The van der Waals surface area contributed by atoms with E-state index in [-0.39, 0.29) is 0 Å². The molecule has 2 unspecified atom stereocenters. The van der Waals surface area contributed by atoms with Crippen molar-refractivity contribution >= 4 is 0 Å². The predicted octanol–water partition coefficient (Wildman–Crippen LogP) is -0.156. The summed E-state index contributed by atoms with van der Waals surface area (Å²) in [6.07, 6.45) is 1.14. The Balaban J connectivity index is 1.83. The average molecular weight is 227 g/mol. The predicted molar refractivity (Wildman–Crippen MR) is 65.4 cm³/mol. The van der Waals surface area contributed by atoms with Gasteiger partial charge in [-0.1, -0.05) is 0 Å². The van der Waals surface area contributed by atoms with Gasteiger partial charge in [0.25, 0.3) is 0 Å². The first-order chi connectivity index (χ1) is 7.70. The van der Waals surface area contributed by atoms with E-state index in [0.29, 0.717) is 17.9 Å². The van der Waals surface area contributed by atoms with Gasteiger partial charge in [0.2, 0.25) is 0 Å². The lowest BCUT2D eigenvalue weighted by molar-refractivity contribution is 0.0205. The Morgan fingerprint density at radius 1 is 1.19 bits per heavy atom. The molecule has 0 radical (unpaired) electrons. The number of methoxy groups -OCH3 is 1. The summed E-state index contributed by atoms with van der Waals surface area (Å²) in [7, 11) is 3.99. The Kier molecular flexibility index (Phi) is 4.19. The van der Waals surface area contributed by atoms with Crippen LogP contribution in [0.3, 0.4) is 0 Å². The van der Waals surface area contributed by atoms with Crippen molar-refractivity contribution in [1.82, 2.24) is 9.80 Å². The number of piperidine rings is 2. The van der Waals surface area contributed by atoms with E-state index in [4.69, 9.17) is 10.5 Å². The summed E-state index contributed by atoms with van der Waals surface area (Å²) in [6.45, 7) is 6.71. The number of hydrogen-bond acceptors (Lipinski definition) is 4. The topological polar surface area (TPSA) is 41.7 Å². The van der Waals surface area contributed by atoms with Crippen LogP contribution >= 0.6 is 0 Å². The smallest absolute Gasteiger partial charge is 0.0474 e. The fourth-order valence-corrected chi connectivity index (χ4v) is 3.22. The lowest BCUT2D eigenvalue weighted by Crippen LogP contribution is -2.62. The summed E-state index contributed by atoms with van der Waals surface area (Å²) < 4.78 is 5.11. The fraction of sp³-hybridized carbons (Fsp3) is 1.00. The molecule has 2 atom stereocenters. The molecule has 0 aliphatic carbocycles. The monoisotopic (exact) mass is 227 g/mol. The summed E-state index contributed by atoms with van der Waals surface area (Å²) in [6, 6.07) is 0.426. The van der Waals surface area contributed by atoms with E-state index in [9.17, 15) is 0 Å². The minimum atomic E-state index is 0.426. The summed E-state index contributed by atoms with van der Waals surface area (Å²) in [5.41, 5.74) is 6.29. The zero-order chi connectivity index (χ0) is 11.5. The molecule has 0 amide bonds. The molecule has 2 aliphatic rings. The molecule has 2 bridgehead atoms. The van der Waals surface area contributed by atoms with E-state index >= 15 is 0 Å². The molecule has 4 heteroatoms. The van der Waals surface area contributed by atoms with E-state index < -0.39 is 0 Å². The van der Waals surface area contributed by atoms with E-state index in [1.807, 2.05) is 0 Å². The Hall–Kier alpha value is -0.160. The van der Waals surface area contributed by atoms with E-state index in [1.165, 1.54) is 26.2 Å². The van der Waals surface area contributed by atoms with Crippen LogP contribution in [0.25, 0.3) is 0 Å². The maximum atomic E-state index is 6.29. The third-order valence-electron chi connectivity index (χ3n) is 3.99. The van der Waals surface area contributed by atoms with E-state index in [0.717, 1.165) is 19.6 Å². The Morgan fingerprint density at radius 3 is 2.38 bits per heavy atom. The molecule has 2 aliphatic heterocycles. The van der Waals surface area contributed by atoms with Gasteiger partial charge in [0.1, 0.15) is 0 Å². The van der Waals surface area contributed by atoms with Crippen LogP contribution in [0.4, 0.5) is 0 Å². The van der Waals surface area contributed by atoms with Crippen LogP contribution in [0, 0.1) is 11.8 Å². The molecule has 2 fully saturated rings. The Labute approximate surface area is 98.7 Å². The summed E-state index contributed by atoms with van der Waals surface area (Å²) in [4.78, 5) is 5.01. The summed E-state index contributed by atoms with van der Waals surface area (Å²) >= 11 is 0. The fourth-order valence-electron chi connectivity index (χ4n) is 3.22. The molecule has 0 aromatic carbocycles. The van der Waals surface area contributed by atoms with Crippen molar-refractivity contribution in [3.05, 3.63) is 0 Å². The molecule has 0 aromatic heterocycles. The standard InChI is InChI=1S/C12H25N3O/c1-14-6-10-8-15(4-3-5-16-2)9-11(7-14)12(10)13/h10-12H,3-9,13H2,1-2H3. The van der Waals surface area contributed by atoms with Crippen LogP contribution in [0.5, 0.6) is 0 Å². The second-order valence-corrected chi connectivity index (χ2v) is 5.42. The van der Waals surface area contributed by atoms with Crippen molar-refractivity contribution in [2.75, 3.05) is 53.5 Å². The normalized spacial score (nSPS) is 36.6. The van der Waals surface area contributed by atoms with Crippen LogP contribution in [-0.2, 0) is 4.74 Å². The van der Waals surface area contributed by atoms with Crippen LogP contribution < -0.4 is 5.73 Å². The van der Waals surface area contributed by atoms with Gasteiger partial charge in [-0.3, -0.25) is 0 Å². The van der Waals surface area contributed by atoms with Crippen molar-refractivity contribution in [1.29, 1.82) is 0 Å². The molecular weight excluding hydrogens is 202 g/mol. The van der Waals surface area contributed by atoms with Crippen molar-refractivity contribution in [3.63, 3.8) is 0 Å². The maximum Gasteiger partial charge on any atom is 0.0474 e. The molecule has 4 nitrogen and oxygen atoms in total. The van der Waals surface area contributed by atoms with Gasteiger partial charge in [0.15, 0.2) is 0 Å². The zero-order valence-electron chi connectivity index (χ0n) is 10.6. The first-order valence-electron chi connectivity index (χ1n) is 6.36.